The molecule has 2 rings (SSSR count). The van der Waals surface area contributed by atoms with E-state index >= 15 is 0 Å². The van der Waals surface area contributed by atoms with Crippen molar-refractivity contribution in [1.29, 1.82) is 0 Å². The Morgan fingerprint density at radius 1 is 1.14 bits per heavy atom. The zero-order valence-electron chi connectivity index (χ0n) is 11.5. The summed E-state index contributed by atoms with van der Waals surface area (Å²) >= 11 is 0. The molecule has 1 aromatic heterocycles. The monoisotopic (exact) mass is 298 g/mol. The SMILES string of the molecule is Cc1cnc(C(N)c2ccc(F)c(C(F)(F)F)c2)c(C)c1. The van der Waals surface area contributed by atoms with Gasteiger partial charge in [0, 0.05) is 6.20 Å². The molecule has 0 saturated carbocycles. The molecule has 0 radical (unpaired) electrons. The van der Waals surface area contributed by atoms with Gasteiger partial charge in [-0.3, -0.25) is 4.98 Å². The lowest BCUT2D eigenvalue weighted by Crippen LogP contribution is -2.17. The smallest absolute Gasteiger partial charge is 0.319 e. The van der Waals surface area contributed by atoms with Crippen molar-refractivity contribution in [2.75, 3.05) is 0 Å². The highest BCUT2D eigenvalue weighted by molar-refractivity contribution is 5.36. The van der Waals surface area contributed by atoms with Gasteiger partial charge >= 0.3 is 6.18 Å². The van der Waals surface area contributed by atoms with Gasteiger partial charge in [-0.05, 0) is 42.7 Å². The zero-order chi connectivity index (χ0) is 15.8. The van der Waals surface area contributed by atoms with Crippen molar-refractivity contribution in [3.05, 3.63) is 64.2 Å². The fourth-order valence-electron chi connectivity index (χ4n) is 2.16. The molecular weight excluding hydrogens is 284 g/mol. The van der Waals surface area contributed by atoms with E-state index < -0.39 is 23.6 Å². The van der Waals surface area contributed by atoms with Crippen LogP contribution in [-0.2, 0) is 6.18 Å². The summed E-state index contributed by atoms with van der Waals surface area (Å²) in [5.74, 6) is -1.31. The molecule has 0 saturated heterocycles. The number of rotatable bonds is 2. The summed E-state index contributed by atoms with van der Waals surface area (Å²) in [7, 11) is 0. The first kappa shape index (κ1) is 15.4. The highest BCUT2D eigenvalue weighted by atomic mass is 19.4. The van der Waals surface area contributed by atoms with E-state index in [1.807, 2.05) is 13.0 Å². The summed E-state index contributed by atoms with van der Waals surface area (Å²) in [6.07, 6.45) is -3.16. The first-order chi connectivity index (χ1) is 9.70. The first-order valence-corrected chi connectivity index (χ1v) is 6.25. The first-order valence-electron chi connectivity index (χ1n) is 6.25. The van der Waals surface area contributed by atoms with E-state index in [4.69, 9.17) is 5.73 Å². The van der Waals surface area contributed by atoms with Crippen LogP contribution in [0.25, 0.3) is 0 Å². The Morgan fingerprint density at radius 2 is 1.81 bits per heavy atom. The van der Waals surface area contributed by atoms with Crippen LogP contribution in [-0.4, -0.2) is 4.98 Å². The van der Waals surface area contributed by atoms with Gasteiger partial charge in [-0.1, -0.05) is 12.1 Å². The van der Waals surface area contributed by atoms with Crippen molar-refractivity contribution in [3.8, 4) is 0 Å². The van der Waals surface area contributed by atoms with E-state index in [0.717, 1.165) is 23.3 Å². The standard InChI is InChI=1S/C15H14F4N2/c1-8-5-9(2)14(21-7-8)13(20)10-3-4-12(16)11(6-10)15(17,18)19/h3-7,13H,20H2,1-2H3. The minimum absolute atomic E-state index is 0.170. The Balaban J connectivity index is 2.46. The van der Waals surface area contributed by atoms with Crippen molar-refractivity contribution in [2.24, 2.45) is 5.73 Å². The van der Waals surface area contributed by atoms with Gasteiger partial charge in [0.1, 0.15) is 5.82 Å². The Labute approximate surface area is 119 Å². The maximum Gasteiger partial charge on any atom is 0.419 e. The number of nitrogens with zero attached hydrogens (tertiary/aromatic N) is 1. The average molecular weight is 298 g/mol. The third-order valence-corrected chi connectivity index (χ3v) is 3.20. The summed E-state index contributed by atoms with van der Waals surface area (Å²) in [5, 5.41) is 0. The molecule has 0 spiro atoms. The molecule has 6 heteroatoms. The van der Waals surface area contributed by atoms with Crippen LogP contribution in [0.3, 0.4) is 0 Å². The quantitative estimate of drug-likeness (QED) is 0.854. The van der Waals surface area contributed by atoms with Gasteiger partial charge in [-0.25, -0.2) is 4.39 Å². The summed E-state index contributed by atoms with van der Waals surface area (Å²) in [5.41, 5.74) is 7.01. The third-order valence-electron chi connectivity index (χ3n) is 3.20. The van der Waals surface area contributed by atoms with E-state index in [9.17, 15) is 17.6 Å². The number of hydrogen-bond acceptors (Lipinski definition) is 2. The van der Waals surface area contributed by atoms with Crippen molar-refractivity contribution in [3.63, 3.8) is 0 Å². The Kier molecular flexibility index (Phi) is 4.00. The Bertz CT molecular complexity index is 665. The molecule has 112 valence electrons. The second-order valence-electron chi connectivity index (χ2n) is 4.93. The molecule has 0 amide bonds. The predicted octanol–water partition coefficient (Wildman–Crippen LogP) is 3.90. The minimum atomic E-state index is -4.75. The lowest BCUT2D eigenvalue weighted by Gasteiger charge is -2.16. The van der Waals surface area contributed by atoms with Gasteiger partial charge in [-0.15, -0.1) is 0 Å². The van der Waals surface area contributed by atoms with Crippen LogP contribution < -0.4 is 5.73 Å². The van der Waals surface area contributed by atoms with Crippen LogP contribution in [0.5, 0.6) is 0 Å². The largest absolute Gasteiger partial charge is 0.419 e. The summed E-state index contributed by atoms with van der Waals surface area (Å²) in [6, 6.07) is 3.77. The van der Waals surface area contributed by atoms with E-state index in [-0.39, 0.29) is 5.56 Å². The molecule has 1 heterocycles. The highest BCUT2D eigenvalue weighted by Gasteiger charge is 2.34. The summed E-state index contributed by atoms with van der Waals surface area (Å²) in [4.78, 5) is 4.17. The second kappa shape index (κ2) is 5.44. The van der Waals surface area contributed by atoms with Crippen LogP contribution in [0.1, 0.15) is 34.0 Å². The van der Waals surface area contributed by atoms with Gasteiger partial charge in [0.15, 0.2) is 0 Å². The number of pyridine rings is 1. The predicted molar refractivity (Wildman–Crippen MR) is 71.1 cm³/mol. The van der Waals surface area contributed by atoms with E-state index in [0.29, 0.717) is 5.69 Å². The van der Waals surface area contributed by atoms with Crippen molar-refractivity contribution >= 4 is 0 Å². The fourth-order valence-corrected chi connectivity index (χ4v) is 2.16. The molecule has 2 N–H and O–H groups in total. The van der Waals surface area contributed by atoms with Crippen LogP contribution in [0.15, 0.2) is 30.5 Å². The van der Waals surface area contributed by atoms with Crippen molar-refractivity contribution in [2.45, 2.75) is 26.1 Å². The van der Waals surface area contributed by atoms with Crippen LogP contribution >= 0.6 is 0 Å². The van der Waals surface area contributed by atoms with Crippen LogP contribution in [0.2, 0.25) is 0 Å². The zero-order valence-corrected chi connectivity index (χ0v) is 11.5. The van der Waals surface area contributed by atoms with Gasteiger partial charge < -0.3 is 5.73 Å². The van der Waals surface area contributed by atoms with Crippen molar-refractivity contribution in [1.82, 2.24) is 4.98 Å². The van der Waals surface area contributed by atoms with Gasteiger partial charge in [0.05, 0.1) is 17.3 Å². The number of hydrogen-bond donors (Lipinski definition) is 1. The topological polar surface area (TPSA) is 38.9 Å². The number of nitrogens with two attached hydrogens (primary N) is 1. The molecule has 0 bridgehead atoms. The number of halogens is 4. The molecule has 2 aromatic rings. The fraction of sp³-hybridized carbons (Fsp3) is 0.267. The average Bonchev–Trinajstić information content (AvgIpc) is 2.37. The van der Waals surface area contributed by atoms with Crippen molar-refractivity contribution < 1.29 is 17.6 Å². The van der Waals surface area contributed by atoms with E-state index in [2.05, 4.69) is 4.98 Å². The van der Waals surface area contributed by atoms with Gasteiger partial charge in [-0.2, -0.15) is 13.2 Å². The highest BCUT2D eigenvalue weighted by Crippen LogP contribution is 2.33. The summed E-state index contributed by atoms with van der Waals surface area (Å²) < 4.78 is 51.5. The molecular formula is C15H14F4N2. The Hall–Kier alpha value is -1.95. The maximum absolute atomic E-state index is 13.3. The van der Waals surface area contributed by atoms with E-state index in [1.54, 1.807) is 13.1 Å². The van der Waals surface area contributed by atoms with Crippen LogP contribution in [0, 0.1) is 19.7 Å². The molecule has 1 atom stereocenters. The molecule has 1 unspecified atom stereocenters. The van der Waals surface area contributed by atoms with Gasteiger partial charge in [0.25, 0.3) is 0 Å². The minimum Gasteiger partial charge on any atom is -0.319 e. The lowest BCUT2D eigenvalue weighted by molar-refractivity contribution is -0.140. The molecule has 0 aliphatic heterocycles. The van der Waals surface area contributed by atoms with Crippen LogP contribution in [0.4, 0.5) is 17.6 Å². The molecule has 0 aliphatic carbocycles. The maximum atomic E-state index is 13.3. The number of aromatic nitrogens is 1. The molecule has 0 aliphatic rings. The molecule has 1 aromatic carbocycles. The number of aryl methyl sites for hydroxylation is 2. The lowest BCUT2D eigenvalue weighted by atomic mass is 9.98. The third kappa shape index (κ3) is 3.21. The normalized spacial score (nSPS) is 13.3. The molecule has 2 nitrogen and oxygen atoms in total. The molecule has 0 fully saturated rings. The number of benzene rings is 1. The molecule has 21 heavy (non-hydrogen) atoms. The second-order valence-corrected chi connectivity index (χ2v) is 4.93. The van der Waals surface area contributed by atoms with E-state index in [1.165, 1.54) is 6.07 Å². The van der Waals surface area contributed by atoms with Gasteiger partial charge in [0.2, 0.25) is 0 Å². The number of alkyl halides is 3. The summed E-state index contributed by atoms with van der Waals surface area (Å²) in [6.45, 7) is 3.64. The Morgan fingerprint density at radius 3 is 2.38 bits per heavy atom.